The van der Waals surface area contributed by atoms with Crippen LogP contribution in [0.5, 0.6) is 5.75 Å². The van der Waals surface area contributed by atoms with Crippen LogP contribution in [-0.4, -0.2) is 33.2 Å². The number of halogens is 1. The van der Waals surface area contributed by atoms with Crippen LogP contribution >= 0.6 is 11.6 Å². The molecule has 1 fully saturated rings. The molecule has 4 aromatic rings. The Bertz CT molecular complexity index is 1670. The van der Waals surface area contributed by atoms with Gasteiger partial charge in [0.2, 0.25) is 5.03 Å². The minimum atomic E-state index is -4.02. The van der Waals surface area contributed by atoms with Gasteiger partial charge in [-0.3, -0.25) is 4.79 Å². The van der Waals surface area contributed by atoms with Gasteiger partial charge in [0, 0.05) is 29.2 Å². The Kier molecular flexibility index (Phi) is 7.28. The Labute approximate surface area is 225 Å². The normalized spacial score (nSPS) is 14.8. The molecule has 38 heavy (non-hydrogen) atoms. The van der Waals surface area contributed by atoms with Crippen LogP contribution in [0.4, 0.5) is 0 Å². The van der Waals surface area contributed by atoms with Gasteiger partial charge in [0.1, 0.15) is 22.6 Å². The molecule has 5 rings (SSSR count). The molecule has 1 N–H and O–H groups in total. The van der Waals surface area contributed by atoms with Crippen molar-refractivity contribution >= 4 is 32.6 Å². The maximum atomic E-state index is 13.4. The number of sulfonamides is 1. The number of hydrogen-bond acceptors (Lipinski definition) is 7. The van der Waals surface area contributed by atoms with Crippen LogP contribution in [0.2, 0.25) is 5.15 Å². The molecular weight excluding hydrogens is 528 g/mol. The van der Waals surface area contributed by atoms with Crippen LogP contribution < -0.4 is 14.9 Å². The molecule has 10 heteroatoms. The molecule has 0 unspecified atom stereocenters. The Morgan fingerprint density at radius 2 is 1.87 bits per heavy atom. The molecule has 0 saturated carbocycles. The third-order valence-electron chi connectivity index (χ3n) is 6.48. The lowest BCUT2D eigenvalue weighted by Gasteiger charge is -2.26. The third-order valence-corrected chi connectivity index (χ3v) is 8.04. The number of aryl methyl sites for hydroxylation is 1. The molecule has 3 heterocycles. The molecule has 0 bridgehead atoms. The van der Waals surface area contributed by atoms with Gasteiger partial charge in [-0.25, -0.2) is 18.1 Å². The van der Waals surface area contributed by atoms with Gasteiger partial charge in [-0.1, -0.05) is 41.9 Å². The quantitative estimate of drug-likeness (QED) is 0.299. The van der Waals surface area contributed by atoms with Crippen LogP contribution in [0.15, 0.2) is 68.8 Å². The van der Waals surface area contributed by atoms with Crippen molar-refractivity contribution in [3.63, 3.8) is 0 Å². The van der Waals surface area contributed by atoms with Gasteiger partial charge >= 0.3 is 0 Å². The summed E-state index contributed by atoms with van der Waals surface area (Å²) in [6.45, 7) is 6.61. The molecule has 8 nitrogen and oxygen atoms in total. The van der Waals surface area contributed by atoms with E-state index in [-0.39, 0.29) is 33.8 Å². The Hall–Kier alpha value is -3.24. The van der Waals surface area contributed by atoms with Gasteiger partial charge in [-0.05, 0) is 50.6 Å². The lowest BCUT2D eigenvalue weighted by Crippen LogP contribution is -2.39. The first kappa shape index (κ1) is 26.4. The van der Waals surface area contributed by atoms with E-state index in [0.717, 1.165) is 11.1 Å². The van der Waals surface area contributed by atoms with Gasteiger partial charge < -0.3 is 13.9 Å². The van der Waals surface area contributed by atoms with E-state index >= 15 is 0 Å². The zero-order chi connectivity index (χ0) is 27.0. The van der Waals surface area contributed by atoms with Gasteiger partial charge in [-0.15, -0.1) is 0 Å². The third kappa shape index (κ3) is 5.19. The number of nitrogens with one attached hydrogen (secondary N) is 1. The van der Waals surface area contributed by atoms with Crippen LogP contribution in [0.25, 0.3) is 22.3 Å². The van der Waals surface area contributed by atoms with E-state index < -0.39 is 16.1 Å². The maximum Gasteiger partial charge on any atom is 0.261 e. The summed E-state index contributed by atoms with van der Waals surface area (Å²) in [6, 6.07) is 16.0. The molecule has 2 aromatic heterocycles. The molecule has 1 aliphatic heterocycles. The van der Waals surface area contributed by atoms with Gasteiger partial charge in [-0.2, -0.15) is 0 Å². The number of nitrogens with zero attached hydrogens (tertiary/aromatic N) is 1. The molecule has 0 radical (unpaired) electrons. The summed E-state index contributed by atoms with van der Waals surface area (Å²) in [5.74, 6) is 0.615. The molecule has 0 aliphatic carbocycles. The predicted octanol–water partition coefficient (Wildman–Crippen LogP) is 5.19. The van der Waals surface area contributed by atoms with Crippen molar-refractivity contribution in [2.45, 2.75) is 31.9 Å². The van der Waals surface area contributed by atoms with E-state index in [4.69, 9.17) is 25.5 Å². The van der Waals surface area contributed by atoms with E-state index in [0.29, 0.717) is 41.1 Å². The molecule has 1 aliphatic rings. The SMILES string of the molecule is Cc1cc([C@@H](C)Oc2ccc(Cl)nc2S(=O)(=O)NCC2COC2)c2oc(-c3ccccc3)c(C)c(=O)c2c1. The Balaban J connectivity index is 1.56. The summed E-state index contributed by atoms with van der Waals surface area (Å²) in [5.41, 5.74) is 2.98. The summed E-state index contributed by atoms with van der Waals surface area (Å²) in [7, 11) is -4.02. The van der Waals surface area contributed by atoms with E-state index in [2.05, 4.69) is 9.71 Å². The maximum absolute atomic E-state index is 13.4. The molecule has 0 amide bonds. The number of rotatable bonds is 8. The summed E-state index contributed by atoms with van der Waals surface area (Å²) in [6.07, 6.45) is -0.691. The number of pyridine rings is 1. The van der Waals surface area contributed by atoms with Crippen LogP contribution in [0.1, 0.15) is 29.7 Å². The molecule has 1 atom stereocenters. The largest absolute Gasteiger partial charge is 0.483 e. The number of ether oxygens (including phenoxy) is 2. The minimum absolute atomic E-state index is 0.0207. The smallest absolute Gasteiger partial charge is 0.261 e. The van der Waals surface area contributed by atoms with Crippen molar-refractivity contribution < 1.29 is 22.3 Å². The fourth-order valence-corrected chi connectivity index (χ4v) is 5.76. The first-order valence-electron chi connectivity index (χ1n) is 12.2. The highest BCUT2D eigenvalue weighted by Gasteiger charge is 2.28. The predicted molar refractivity (Wildman–Crippen MR) is 145 cm³/mol. The van der Waals surface area contributed by atoms with Crippen molar-refractivity contribution in [3.05, 3.63) is 86.7 Å². The van der Waals surface area contributed by atoms with Crippen LogP contribution in [0, 0.1) is 19.8 Å². The second-order valence-electron chi connectivity index (χ2n) is 9.43. The average Bonchev–Trinajstić information content (AvgIpc) is 2.86. The van der Waals surface area contributed by atoms with E-state index in [1.807, 2.05) is 43.3 Å². The zero-order valence-corrected chi connectivity index (χ0v) is 22.7. The van der Waals surface area contributed by atoms with Crippen molar-refractivity contribution in [3.8, 4) is 17.1 Å². The van der Waals surface area contributed by atoms with Gasteiger partial charge in [0.15, 0.2) is 11.2 Å². The monoisotopic (exact) mass is 554 g/mol. The highest BCUT2D eigenvalue weighted by atomic mass is 35.5. The minimum Gasteiger partial charge on any atom is -0.483 e. The first-order valence-corrected chi connectivity index (χ1v) is 14.0. The van der Waals surface area contributed by atoms with Crippen molar-refractivity contribution in [2.75, 3.05) is 19.8 Å². The van der Waals surface area contributed by atoms with Crippen molar-refractivity contribution in [1.82, 2.24) is 9.71 Å². The fraction of sp³-hybridized carbons (Fsp3) is 0.286. The van der Waals surface area contributed by atoms with Gasteiger partial charge in [0.25, 0.3) is 10.0 Å². The van der Waals surface area contributed by atoms with Crippen molar-refractivity contribution in [2.24, 2.45) is 5.92 Å². The number of hydrogen-bond donors (Lipinski definition) is 1. The molecule has 198 valence electrons. The number of fused-ring (bicyclic) bond motifs is 1. The Morgan fingerprint density at radius 3 is 2.55 bits per heavy atom. The highest BCUT2D eigenvalue weighted by molar-refractivity contribution is 7.89. The molecule has 1 saturated heterocycles. The van der Waals surface area contributed by atoms with E-state index in [9.17, 15) is 13.2 Å². The van der Waals surface area contributed by atoms with E-state index in [1.165, 1.54) is 12.1 Å². The molecule has 2 aromatic carbocycles. The van der Waals surface area contributed by atoms with Crippen LogP contribution in [0.3, 0.4) is 0 Å². The second kappa shape index (κ2) is 10.5. The number of aromatic nitrogens is 1. The highest BCUT2D eigenvalue weighted by Crippen LogP contribution is 2.34. The van der Waals surface area contributed by atoms with E-state index in [1.54, 1.807) is 19.9 Å². The first-order chi connectivity index (χ1) is 18.1. The van der Waals surface area contributed by atoms with Gasteiger partial charge in [0.05, 0.1) is 18.6 Å². The lowest BCUT2D eigenvalue weighted by molar-refractivity contribution is -0.0284. The fourth-order valence-electron chi connectivity index (χ4n) is 4.37. The molecular formula is C28H27ClN2O6S. The second-order valence-corrected chi connectivity index (χ2v) is 11.5. The topological polar surface area (TPSA) is 108 Å². The summed E-state index contributed by atoms with van der Waals surface area (Å²) >= 11 is 6.06. The summed E-state index contributed by atoms with van der Waals surface area (Å²) < 4.78 is 46.4. The van der Waals surface area contributed by atoms with Crippen LogP contribution in [-0.2, 0) is 14.8 Å². The zero-order valence-electron chi connectivity index (χ0n) is 21.2. The Morgan fingerprint density at radius 1 is 1.13 bits per heavy atom. The summed E-state index contributed by atoms with van der Waals surface area (Å²) in [4.78, 5) is 17.4. The summed E-state index contributed by atoms with van der Waals surface area (Å²) in [5, 5.41) is 0.141. The number of benzene rings is 2. The van der Waals surface area contributed by atoms with Crippen molar-refractivity contribution in [1.29, 1.82) is 0 Å². The standard InChI is InChI=1S/C28H27ClN2O6S/c1-16-11-21(27-22(12-16)25(32)17(2)26(37-27)20-7-5-4-6-8-20)18(3)36-23-9-10-24(29)31-28(23)38(33,34)30-13-19-14-35-15-19/h4-12,18-19,30H,13-15H2,1-3H3/t18-/m1/s1. The average molecular weight is 555 g/mol. The molecule has 0 spiro atoms. The lowest BCUT2D eigenvalue weighted by atomic mass is 10.00.